The minimum Gasteiger partial charge on any atom is -0.368 e. The topological polar surface area (TPSA) is 82.2 Å². The van der Waals surface area contributed by atoms with E-state index in [1.807, 2.05) is 10.9 Å². The van der Waals surface area contributed by atoms with E-state index >= 15 is 0 Å². The van der Waals surface area contributed by atoms with Gasteiger partial charge in [0.1, 0.15) is 6.61 Å². The van der Waals surface area contributed by atoms with Gasteiger partial charge >= 0.3 is 0 Å². The number of nitrogens with zero attached hydrogens (tertiary/aromatic N) is 2. The van der Waals surface area contributed by atoms with Gasteiger partial charge in [-0.2, -0.15) is 10.6 Å². The average molecular weight is 226 g/mol. The van der Waals surface area contributed by atoms with E-state index in [1.54, 1.807) is 6.20 Å². The predicted octanol–water partition coefficient (Wildman–Crippen LogP) is 0.145. The van der Waals surface area contributed by atoms with Gasteiger partial charge in [0.15, 0.2) is 0 Å². The van der Waals surface area contributed by atoms with Crippen LogP contribution in [-0.4, -0.2) is 22.3 Å². The normalized spacial score (nSPS) is 11.7. The first-order chi connectivity index (χ1) is 7.39. The van der Waals surface area contributed by atoms with Gasteiger partial charge in [0.25, 0.3) is 0 Å². The molecule has 1 rings (SSSR count). The van der Waals surface area contributed by atoms with E-state index in [9.17, 15) is 4.79 Å². The molecule has 0 saturated carbocycles. The minimum atomic E-state index is -0.502. The first-order valence-electron chi connectivity index (χ1n) is 5.06. The maximum absolute atomic E-state index is 10.4. The van der Waals surface area contributed by atoms with Crippen molar-refractivity contribution in [2.24, 2.45) is 5.73 Å². The fraction of sp³-hybridized carbons (Fsp3) is 0.600. The molecule has 1 amide bonds. The summed E-state index contributed by atoms with van der Waals surface area (Å²) in [6.07, 6.45) is 3.69. The summed E-state index contributed by atoms with van der Waals surface area (Å²) in [7, 11) is 0. The van der Waals surface area contributed by atoms with Crippen LogP contribution in [0.3, 0.4) is 0 Å². The van der Waals surface area contributed by atoms with Crippen LogP contribution in [0.5, 0.6) is 0 Å². The molecule has 0 unspecified atom stereocenters. The molecule has 1 aromatic heterocycles. The highest BCUT2D eigenvalue weighted by molar-refractivity contribution is 5.74. The number of aromatic nitrogens is 2. The Hall–Kier alpha value is -1.40. The van der Waals surface area contributed by atoms with Gasteiger partial charge in [-0.1, -0.05) is 0 Å². The molecule has 0 saturated heterocycles. The first-order valence-corrected chi connectivity index (χ1v) is 5.06. The molecule has 1 aromatic rings. The second-order valence-corrected chi connectivity index (χ2v) is 4.54. The Labute approximate surface area is 94.7 Å². The molecule has 0 atom stereocenters. The number of rotatable bonds is 5. The van der Waals surface area contributed by atoms with Crippen LogP contribution in [0.25, 0.3) is 0 Å². The predicted molar refractivity (Wildman–Crippen MR) is 59.2 cm³/mol. The van der Waals surface area contributed by atoms with Crippen LogP contribution in [0.15, 0.2) is 12.4 Å². The van der Waals surface area contributed by atoms with Crippen molar-refractivity contribution in [3.8, 4) is 0 Å². The van der Waals surface area contributed by atoms with E-state index in [0.717, 1.165) is 5.56 Å². The summed E-state index contributed by atoms with van der Waals surface area (Å²) < 4.78 is 1.87. The Balaban J connectivity index is 2.38. The van der Waals surface area contributed by atoms with Crippen molar-refractivity contribution in [1.29, 1.82) is 0 Å². The van der Waals surface area contributed by atoms with Gasteiger partial charge in [-0.15, -0.1) is 0 Å². The third-order valence-corrected chi connectivity index (χ3v) is 1.92. The number of nitrogens with two attached hydrogens (primary N) is 1. The molecule has 90 valence electrons. The summed E-state index contributed by atoms with van der Waals surface area (Å²) in [4.78, 5) is 15.2. The zero-order chi connectivity index (χ0) is 12.2. The molecule has 16 heavy (non-hydrogen) atoms. The van der Waals surface area contributed by atoms with Crippen LogP contribution in [0.1, 0.15) is 26.3 Å². The van der Waals surface area contributed by atoms with Gasteiger partial charge in [-0.3, -0.25) is 14.3 Å². The van der Waals surface area contributed by atoms with Gasteiger partial charge in [-0.05, 0) is 20.8 Å². The highest BCUT2D eigenvalue weighted by Gasteiger charge is 2.13. The molecule has 3 N–H and O–H groups in total. The second-order valence-electron chi connectivity index (χ2n) is 4.54. The minimum absolute atomic E-state index is 0.0354. The van der Waals surface area contributed by atoms with Crippen molar-refractivity contribution in [2.45, 2.75) is 32.9 Å². The molecule has 0 radical (unpaired) electrons. The molecule has 6 nitrogen and oxygen atoms in total. The molecule has 0 fully saturated rings. The summed E-state index contributed by atoms with van der Waals surface area (Å²) in [5, 5.41) is 4.23. The third kappa shape index (κ3) is 4.00. The molecule has 0 aliphatic carbocycles. The number of hydrogen-bond acceptors (Lipinski definition) is 4. The summed E-state index contributed by atoms with van der Waals surface area (Å²) >= 11 is 0. The van der Waals surface area contributed by atoms with E-state index in [1.165, 1.54) is 0 Å². The lowest BCUT2D eigenvalue weighted by Crippen LogP contribution is -2.24. The molecule has 0 aliphatic heterocycles. The smallest absolute Gasteiger partial charge is 0.245 e. The summed E-state index contributed by atoms with van der Waals surface area (Å²) in [5.74, 6) is -0.502. The Morgan fingerprint density at radius 2 is 2.31 bits per heavy atom. The maximum Gasteiger partial charge on any atom is 0.245 e. The highest BCUT2D eigenvalue weighted by atomic mass is 16.6. The van der Waals surface area contributed by atoms with Crippen molar-refractivity contribution < 1.29 is 9.63 Å². The average Bonchev–Trinajstić information content (AvgIpc) is 2.59. The van der Waals surface area contributed by atoms with Crippen LogP contribution in [-0.2, 0) is 21.7 Å². The lowest BCUT2D eigenvalue weighted by Gasteiger charge is -2.18. The molecule has 0 aromatic carbocycles. The molecule has 0 bridgehead atoms. The molecular formula is C10H18N4O2. The fourth-order valence-electron chi connectivity index (χ4n) is 1.07. The molecule has 6 heteroatoms. The lowest BCUT2D eigenvalue weighted by molar-refractivity contribution is -0.125. The molecule has 0 spiro atoms. The van der Waals surface area contributed by atoms with Gasteiger partial charge in [0, 0.05) is 18.3 Å². The van der Waals surface area contributed by atoms with Crippen molar-refractivity contribution in [3.63, 3.8) is 0 Å². The number of hydrogen-bond donors (Lipinski definition) is 2. The van der Waals surface area contributed by atoms with Crippen LogP contribution in [0.4, 0.5) is 0 Å². The number of carbonyl (C=O) groups excluding carboxylic acids is 1. The molecule has 1 heterocycles. The van der Waals surface area contributed by atoms with Gasteiger partial charge in [0.05, 0.1) is 11.7 Å². The van der Waals surface area contributed by atoms with E-state index in [0.29, 0.717) is 6.54 Å². The van der Waals surface area contributed by atoms with Gasteiger partial charge < -0.3 is 5.73 Å². The standard InChI is InChI=1S/C10H18N4O2/c1-10(2,3)14-6-8(4-12-14)5-13-16-7-9(11)15/h4,6,13H,5,7H2,1-3H3,(H2,11,15). The monoisotopic (exact) mass is 226 g/mol. The van der Waals surface area contributed by atoms with Crippen LogP contribution >= 0.6 is 0 Å². The Bertz CT molecular complexity index is 354. The zero-order valence-corrected chi connectivity index (χ0v) is 9.86. The Morgan fingerprint density at radius 3 is 2.81 bits per heavy atom. The van der Waals surface area contributed by atoms with E-state index in [2.05, 4.69) is 31.3 Å². The quantitative estimate of drug-likeness (QED) is 0.553. The largest absolute Gasteiger partial charge is 0.368 e. The van der Waals surface area contributed by atoms with Crippen molar-refractivity contribution in [3.05, 3.63) is 18.0 Å². The lowest BCUT2D eigenvalue weighted by atomic mass is 10.1. The number of nitrogens with one attached hydrogen (secondary N) is 1. The zero-order valence-electron chi connectivity index (χ0n) is 9.86. The fourth-order valence-corrected chi connectivity index (χ4v) is 1.07. The third-order valence-electron chi connectivity index (χ3n) is 1.92. The van der Waals surface area contributed by atoms with Crippen LogP contribution in [0, 0.1) is 0 Å². The van der Waals surface area contributed by atoms with Gasteiger partial charge in [0.2, 0.25) is 5.91 Å². The van der Waals surface area contributed by atoms with Crippen LogP contribution < -0.4 is 11.2 Å². The van der Waals surface area contributed by atoms with Crippen molar-refractivity contribution in [2.75, 3.05) is 6.61 Å². The number of hydroxylamine groups is 1. The van der Waals surface area contributed by atoms with E-state index < -0.39 is 5.91 Å². The van der Waals surface area contributed by atoms with Gasteiger partial charge in [-0.25, -0.2) is 0 Å². The molecular weight excluding hydrogens is 208 g/mol. The van der Waals surface area contributed by atoms with Crippen LogP contribution in [0.2, 0.25) is 0 Å². The highest BCUT2D eigenvalue weighted by Crippen LogP contribution is 2.12. The molecule has 0 aliphatic rings. The van der Waals surface area contributed by atoms with Crippen molar-refractivity contribution >= 4 is 5.91 Å². The van der Waals surface area contributed by atoms with Crippen molar-refractivity contribution in [1.82, 2.24) is 15.3 Å². The Morgan fingerprint density at radius 1 is 1.62 bits per heavy atom. The summed E-state index contributed by atoms with van der Waals surface area (Å²) in [5.41, 5.74) is 8.51. The van der Waals surface area contributed by atoms with E-state index in [-0.39, 0.29) is 12.1 Å². The number of amides is 1. The SMILES string of the molecule is CC(C)(C)n1cc(CNOCC(N)=O)cn1. The summed E-state index contributed by atoms with van der Waals surface area (Å²) in [6.45, 7) is 6.57. The maximum atomic E-state index is 10.4. The summed E-state index contributed by atoms with van der Waals surface area (Å²) in [6, 6.07) is 0. The second kappa shape index (κ2) is 5.09. The first kappa shape index (κ1) is 12.7. The Kier molecular flexibility index (Phi) is 4.03. The number of carbonyl (C=O) groups is 1. The van der Waals surface area contributed by atoms with E-state index in [4.69, 9.17) is 10.6 Å². The number of primary amides is 1.